The molecule has 0 atom stereocenters. The van der Waals surface area contributed by atoms with Crippen molar-refractivity contribution in [2.45, 2.75) is 20.4 Å². The molecule has 1 aromatic heterocycles. The maximum atomic E-state index is 13.2. The molecule has 0 N–H and O–H groups in total. The first kappa shape index (κ1) is 22.4. The van der Waals surface area contributed by atoms with E-state index >= 15 is 0 Å². The van der Waals surface area contributed by atoms with Gasteiger partial charge in [-0.2, -0.15) is 5.10 Å². The largest absolute Gasteiger partial charge is 0.368 e. The summed E-state index contributed by atoms with van der Waals surface area (Å²) in [6.45, 7) is 6.33. The molecule has 0 radical (unpaired) electrons. The predicted octanol–water partition coefficient (Wildman–Crippen LogP) is 4.71. The molecule has 2 heterocycles. The number of nitrogens with zero attached hydrogens (tertiary/aromatic N) is 4. The highest BCUT2D eigenvalue weighted by Gasteiger charge is 2.28. The summed E-state index contributed by atoms with van der Waals surface area (Å²) in [4.78, 5) is 28.7. The molecule has 4 rings (SSSR count). The number of hydrogen-bond acceptors (Lipinski definition) is 4. The van der Waals surface area contributed by atoms with E-state index in [9.17, 15) is 9.59 Å². The van der Waals surface area contributed by atoms with Crippen LogP contribution in [0, 0.1) is 6.92 Å². The van der Waals surface area contributed by atoms with Crippen LogP contribution < -0.4 is 4.90 Å². The Bertz CT molecular complexity index is 1150. The molecule has 0 unspecified atom stereocenters. The summed E-state index contributed by atoms with van der Waals surface area (Å²) in [6, 6.07) is 15.1. The molecule has 0 spiro atoms. The topological polar surface area (TPSA) is 58.4 Å². The number of benzene rings is 2. The van der Waals surface area contributed by atoms with Gasteiger partial charge in [-0.05, 0) is 49.7 Å². The first-order valence-electron chi connectivity index (χ1n) is 10.5. The van der Waals surface area contributed by atoms with Crippen LogP contribution in [0.15, 0.2) is 48.5 Å². The van der Waals surface area contributed by atoms with Crippen LogP contribution in [-0.4, -0.2) is 52.5 Å². The number of aryl methyl sites for hydroxylation is 1. The van der Waals surface area contributed by atoms with Gasteiger partial charge >= 0.3 is 0 Å². The summed E-state index contributed by atoms with van der Waals surface area (Å²) < 4.78 is 1.62. The van der Waals surface area contributed by atoms with Crippen molar-refractivity contribution in [2.75, 3.05) is 31.1 Å². The van der Waals surface area contributed by atoms with Crippen LogP contribution in [0.4, 0.5) is 5.69 Å². The molecule has 6 nitrogen and oxygen atoms in total. The normalized spacial score (nSPS) is 14.0. The van der Waals surface area contributed by atoms with E-state index in [0.717, 1.165) is 11.3 Å². The van der Waals surface area contributed by atoms with E-state index in [4.69, 9.17) is 23.2 Å². The van der Waals surface area contributed by atoms with Crippen LogP contribution in [0.3, 0.4) is 0 Å². The zero-order chi connectivity index (χ0) is 22.8. The Balaban J connectivity index is 1.45. The van der Waals surface area contributed by atoms with Crippen molar-refractivity contribution in [2.24, 2.45) is 0 Å². The number of hydrogen-bond donors (Lipinski definition) is 0. The van der Waals surface area contributed by atoms with Crippen LogP contribution in [0.25, 0.3) is 0 Å². The van der Waals surface area contributed by atoms with Crippen molar-refractivity contribution < 1.29 is 9.59 Å². The van der Waals surface area contributed by atoms with Crippen molar-refractivity contribution in [3.8, 4) is 0 Å². The third-order valence-corrected chi connectivity index (χ3v) is 6.52. The molecule has 3 aromatic rings. The molecule has 8 heteroatoms. The fourth-order valence-electron chi connectivity index (χ4n) is 3.92. The van der Waals surface area contributed by atoms with Gasteiger partial charge in [0.2, 0.25) is 0 Å². The monoisotopic (exact) mass is 470 g/mol. The lowest BCUT2D eigenvalue weighted by Gasteiger charge is -2.36. The van der Waals surface area contributed by atoms with E-state index in [0.29, 0.717) is 59.7 Å². The van der Waals surface area contributed by atoms with Crippen molar-refractivity contribution in [1.29, 1.82) is 0 Å². The quantitative estimate of drug-likeness (QED) is 0.506. The first-order valence-corrected chi connectivity index (χ1v) is 11.2. The molecule has 1 aliphatic heterocycles. The maximum absolute atomic E-state index is 13.2. The van der Waals surface area contributed by atoms with Gasteiger partial charge in [0.05, 0.1) is 17.8 Å². The SMILES string of the molecule is CC(=O)c1ccc(N2CCN(C(=O)c3c(C)nn(Cc4ccccc4Cl)c3Cl)CC2)cc1. The Morgan fingerprint density at radius 2 is 1.62 bits per heavy atom. The van der Waals surface area contributed by atoms with Gasteiger partial charge in [0.1, 0.15) is 5.15 Å². The second kappa shape index (κ2) is 9.35. The minimum atomic E-state index is -0.107. The van der Waals surface area contributed by atoms with Crippen LogP contribution in [0.5, 0.6) is 0 Å². The van der Waals surface area contributed by atoms with Gasteiger partial charge in [0.15, 0.2) is 5.78 Å². The number of Topliss-reactive ketones (excluding diaryl/α,β-unsaturated/α-hetero) is 1. The highest BCUT2D eigenvalue weighted by atomic mass is 35.5. The minimum absolute atomic E-state index is 0.0503. The van der Waals surface area contributed by atoms with Crippen molar-refractivity contribution in [3.63, 3.8) is 0 Å². The molecule has 1 fully saturated rings. The molecule has 1 aliphatic rings. The fraction of sp³-hybridized carbons (Fsp3) is 0.292. The average Bonchev–Trinajstić information content (AvgIpc) is 3.07. The predicted molar refractivity (Wildman–Crippen MR) is 127 cm³/mol. The third kappa shape index (κ3) is 4.52. The molecular weight excluding hydrogens is 447 g/mol. The number of piperazine rings is 1. The molecule has 32 heavy (non-hydrogen) atoms. The van der Waals surface area contributed by atoms with Gasteiger partial charge < -0.3 is 9.80 Å². The Morgan fingerprint density at radius 3 is 2.25 bits per heavy atom. The Kier molecular flexibility index (Phi) is 6.53. The third-order valence-electron chi connectivity index (χ3n) is 5.76. The number of rotatable bonds is 5. The number of amides is 1. The van der Waals surface area contributed by atoms with Crippen molar-refractivity contribution in [1.82, 2.24) is 14.7 Å². The highest BCUT2D eigenvalue weighted by Crippen LogP contribution is 2.26. The van der Waals surface area contributed by atoms with Gasteiger partial charge in [-0.3, -0.25) is 9.59 Å². The molecule has 0 saturated carbocycles. The maximum Gasteiger partial charge on any atom is 0.259 e. The Morgan fingerprint density at radius 1 is 0.969 bits per heavy atom. The number of carbonyl (C=O) groups is 2. The van der Waals surface area contributed by atoms with E-state index in [1.807, 2.05) is 53.4 Å². The van der Waals surface area contributed by atoms with Crippen LogP contribution in [-0.2, 0) is 6.54 Å². The van der Waals surface area contributed by atoms with Crippen LogP contribution >= 0.6 is 23.2 Å². The summed E-state index contributed by atoms with van der Waals surface area (Å²) >= 11 is 12.8. The second-order valence-electron chi connectivity index (χ2n) is 7.88. The summed E-state index contributed by atoms with van der Waals surface area (Å²) in [7, 11) is 0. The summed E-state index contributed by atoms with van der Waals surface area (Å²) in [5.74, 6) is -0.0567. The summed E-state index contributed by atoms with van der Waals surface area (Å²) in [5, 5.41) is 5.45. The highest BCUT2D eigenvalue weighted by molar-refractivity contribution is 6.33. The number of halogens is 2. The zero-order valence-electron chi connectivity index (χ0n) is 18.0. The van der Waals surface area contributed by atoms with E-state index in [-0.39, 0.29) is 11.7 Å². The molecule has 0 bridgehead atoms. The van der Waals surface area contributed by atoms with Gasteiger partial charge in [0, 0.05) is 42.5 Å². The zero-order valence-corrected chi connectivity index (χ0v) is 19.5. The van der Waals surface area contributed by atoms with Gasteiger partial charge in [-0.1, -0.05) is 41.4 Å². The van der Waals surface area contributed by atoms with Gasteiger partial charge in [-0.15, -0.1) is 0 Å². The van der Waals surface area contributed by atoms with E-state index in [1.165, 1.54) is 0 Å². The first-order chi connectivity index (χ1) is 15.3. The molecule has 2 aromatic carbocycles. The molecule has 1 saturated heterocycles. The minimum Gasteiger partial charge on any atom is -0.368 e. The Labute approximate surface area is 197 Å². The summed E-state index contributed by atoms with van der Waals surface area (Å²) in [5.41, 5.74) is 3.68. The number of anilines is 1. The second-order valence-corrected chi connectivity index (χ2v) is 8.65. The Hall–Kier alpha value is -2.83. The molecule has 166 valence electrons. The molecule has 1 amide bonds. The van der Waals surface area contributed by atoms with E-state index in [1.54, 1.807) is 18.5 Å². The van der Waals surface area contributed by atoms with E-state index in [2.05, 4.69) is 10.00 Å². The lowest BCUT2D eigenvalue weighted by atomic mass is 10.1. The molecular formula is C24H24Cl2N4O2. The lowest BCUT2D eigenvalue weighted by Crippen LogP contribution is -2.49. The number of ketones is 1. The van der Waals surface area contributed by atoms with Crippen LogP contribution in [0.2, 0.25) is 10.2 Å². The smallest absolute Gasteiger partial charge is 0.259 e. The van der Waals surface area contributed by atoms with E-state index < -0.39 is 0 Å². The lowest BCUT2D eigenvalue weighted by molar-refractivity contribution is 0.0746. The summed E-state index contributed by atoms with van der Waals surface area (Å²) in [6.07, 6.45) is 0. The average molecular weight is 471 g/mol. The van der Waals surface area contributed by atoms with Gasteiger partial charge in [-0.25, -0.2) is 4.68 Å². The fourth-order valence-corrected chi connectivity index (χ4v) is 4.43. The standard InChI is InChI=1S/C24H24Cl2N4O2/c1-16-22(23(26)30(27-16)15-19-5-3-4-6-21(19)25)24(32)29-13-11-28(12-14-29)20-9-7-18(8-10-20)17(2)31/h3-10H,11-15H2,1-2H3. The molecule has 0 aliphatic carbocycles. The number of aromatic nitrogens is 2. The van der Waals surface area contributed by atoms with Crippen molar-refractivity contribution >= 4 is 40.6 Å². The van der Waals surface area contributed by atoms with Crippen LogP contribution in [0.1, 0.15) is 38.9 Å². The van der Waals surface area contributed by atoms with Crippen molar-refractivity contribution in [3.05, 3.63) is 81.1 Å². The van der Waals surface area contributed by atoms with Gasteiger partial charge in [0.25, 0.3) is 5.91 Å². The number of carbonyl (C=O) groups excluding carboxylic acids is 2.